The maximum Gasteiger partial charge on any atom is 0.222 e. The van der Waals surface area contributed by atoms with Crippen molar-refractivity contribution in [2.75, 3.05) is 19.6 Å². The molecule has 0 aliphatic carbocycles. The molecule has 96 valence electrons. The van der Waals surface area contributed by atoms with Crippen LogP contribution in [0.3, 0.4) is 0 Å². The van der Waals surface area contributed by atoms with Gasteiger partial charge in [-0.1, -0.05) is 13.8 Å². The number of carbonyl (C=O) groups excluding carboxylic acids is 1. The average molecular weight is 249 g/mol. The van der Waals surface area contributed by atoms with Gasteiger partial charge >= 0.3 is 0 Å². The number of hydrogen-bond donors (Lipinski definition) is 1. The van der Waals surface area contributed by atoms with Crippen LogP contribution >= 0.6 is 12.4 Å². The van der Waals surface area contributed by atoms with E-state index in [9.17, 15) is 4.79 Å². The molecular formula is C12H25ClN2O. The Balaban J connectivity index is 0.00000225. The van der Waals surface area contributed by atoms with Crippen molar-refractivity contribution in [2.24, 2.45) is 0 Å². The first-order chi connectivity index (χ1) is 7.29. The van der Waals surface area contributed by atoms with Gasteiger partial charge in [-0.25, -0.2) is 0 Å². The Morgan fingerprint density at radius 1 is 1.25 bits per heavy atom. The molecule has 0 saturated carbocycles. The zero-order valence-corrected chi connectivity index (χ0v) is 11.3. The van der Waals surface area contributed by atoms with Gasteiger partial charge < -0.3 is 10.2 Å². The molecule has 1 fully saturated rings. The number of nitrogens with one attached hydrogen (secondary N) is 1. The summed E-state index contributed by atoms with van der Waals surface area (Å²) in [4.78, 5) is 14.1. The Morgan fingerprint density at radius 2 is 1.88 bits per heavy atom. The standard InChI is InChI=1S/C12H24N2O.ClH/c1-3-5-12(15)14(10-4-2)11-6-8-13-9-7-11;/h11,13H,3-10H2,1-2H3;1H. The summed E-state index contributed by atoms with van der Waals surface area (Å²) in [7, 11) is 0. The van der Waals surface area contributed by atoms with Gasteiger partial charge in [0.1, 0.15) is 0 Å². The molecular weight excluding hydrogens is 224 g/mol. The molecule has 1 aliphatic heterocycles. The van der Waals surface area contributed by atoms with Crippen molar-refractivity contribution in [3.8, 4) is 0 Å². The predicted octanol–water partition coefficient (Wildman–Crippen LogP) is 2.20. The molecule has 1 saturated heterocycles. The fourth-order valence-corrected chi connectivity index (χ4v) is 2.23. The van der Waals surface area contributed by atoms with E-state index in [2.05, 4.69) is 24.1 Å². The highest BCUT2D eigenvalue weighted by atomic mass is 35.5. The van der Waals surface area contributed by atoms with Crippen LogP contribution < -0.4 is 5.32 Å². The molecule has 1 aliphatic rings. The molecule has 0 spiro atoms. The zero-order valence-electron chi connectivity index (χ0n) is 10.5. The molecule has 0 unspecified atom stereocenters. The van der Waals surface area contributed by atoms with Gasteiger partial charge in [0.05, 0.1) is 0 Å². The van der Waals surface area contributed by atoms with Crippen LogP contribution in [0.25, 0.3) is 0 Å². The Kier molecular flexibility index (Phi) is 8.67. The van der Waals surface area contributed by atoms with Crippen molar-refractivity contribution in [1.29, 1.82) is 0 Å². The number of nitrogens with zero attached hydrogens (tertiary/aromatic N) is 1. The van der Waals surface area contributed by atoms with Crippen LogP contribution in [0.4, 0.5) is 0 Å². The third-order valence-electron chi connectivity index (χ3n) is 3.00. The monoisotopic (exact) mass is 248 g/mol. The maximum absolute atomic E-state index is 11.9. The second kappa shape index (κ2) is 8.82. The van der Waals surface area contributed by atoms with Crippen molar-refractivity contribution in [2.45, 2.75) is 52.0 Å². The van der Waals surface area contributed by atoms with Crippen LogP contribution in [-0.4, -0.2) is 36.5 Å². The Morgan fingerprint density at radius 3 is 2.38 bits per heavy atom. The Hall–Kier alpha value is -0.280. The highest BCUT2D eigenvalue weighted by Gasteiger charge is 2.23. The molecule has 0 aromatic heterocycles. The van der Waals surface area contributed by atoms with Gasteiger partial charge in [0.25, 0.3) is 0 Å². The van der Waals surface area contributed by atoms with Crippen LogP contribution in [0.2, 0.25) is 0 Å². The second-order valence-electron chi connectivity index (χ2n) is 4.32. The number of piperidine rings is 1. The van der Waals surface area contributed by atoms with Crippen molar-refractivity contribution < 1.29 is 4.79 Å². The van der Waals surface area contributed by atoms with Gasteiger partial charge in [0, 0.05) is 19.0 Å². The number of halogens is 1. The summed E-state index contributed by atoms with van der Waals surface area (Å²) in [6.45, 7) is 7.27. The van der Waals surface area contributed by atoms with Crippen molar-refractivity contribution in [3.05, 3.63) is 0 Å². The van der Waals surface area contributed by atoms with E-state index in [1.807, 2.05) is 0 Å². The molecule has 0 aromatic rings. The van der Waals surface area contributed by atoms with Gasteiger partial charge in [0.2, 0.25) is 5.91 Å². The summed E-state index contributed by atoms with van der Waals surface area (Å²) in [5.41, 5.74) is 0. The summed E-state index contributed by atoms with van der Waals surface area (Å²) >= 11 is 0. The summed E-state index contributed by atoms with van der Waals surface area (Å²) in [5, 5.41) is 3.34. The van der Waals surface area contributed by atoms with E-state index in [0.717, 1.165) is 45.3 Å². The number of carbonyl (C=O) groups is 1. The van der Waals surface area contributed by atoms with Gasteiger partial charge in [-0.15, -0.1) is 12.4 Å². The molecule has 1 heterocycles. The highest BCUT2D eigenvalue weighted by molar-refractivity contribution is 5.85. The van der Waals surface area contributed by atoms with Gasteiger partial charge in [-0.3, -0.25) is 4.79 Å². The fraction of sp³-hybridized carbons (Fsp3) is 0.917. The smallest absolute Gasteiger partial charge is 0.222 e. The molecule has 0 radical (unpaired) electrons. The molecule has 0 bridgehead atoms. The SMILES string of the molecule is CCCC(=O)N(CCC)C1CCNCC1.Cl. The largest absolute Gasteiger partial charge is 0.340 e. The quantitative estimate of drug-likeness (QED) is 0.809. The van der Waals surface area contributed by atoms with Crippen LogP contribution in [0.5, 0.6) is 0 Å². The lowest BCUT2D eigenvalue weighted by Gasteiger charge is -2.34. The molecule has 3 nitrogen and oxygen atoms in total. The van der Waals surface area contributed by atoms with Crippen molar-refractivity contribution in [3.63, 3.8) is 0 Å². The van der Waals surface area contributed by atoms with E-state index in [1.54, 1.807) is 0 Å². The first kappa shape index (κ1) is 15.7. The van der Waals surface area contributed by atoms with E-state index in [4.69, 9.17) is 0 Å². The molecule has 1 rings (SSSR count). The van der Waals surface area contributed by atoms with Crippen molar-refractivity contribution >= 4 is 18.3 Å². The topological polar surface area (TPSA) is 32.3 Å². The normalized spacial score (nSPS) is 16.6. The molecule has 1 N–H and O–H groups in total. The summed E-state index contributed by atoms with van der Waals surface area (Å²) in [6.07, 6.45) is 4.98. The average Bonchev–Trinajstić information content (AvgIpc) is 2.27. The van der Waals surface area contributed by atoms with Gasteiger partial charge in [-0.05, 0) is 38.8 Å². The lowest BCUT2D eigenvalue weighted by atomic mass is 10.0. The maximum atomic E-state index is 11.9. The van der Waals surface area contributed by atoms with E-state index in [0.29, 0.717) is 18.4 Å². The molecule has 0 aromatic carbocycles. The fourth-order valence-electron chi connectivity index (χ4n) is 2.23. The highest BCUT2D eigenvalue weighted by Crippen LogP contribution is 2.14. The van der Waals surface area contributed by atoms with E-state index < -0.39 is 0 Å². The van der Waals surface area contributed by atoms with Crippen LogP contribution in [-0.2, 0) is 4.79 Å². The van der Waals surface area contributed by atoms with E-state index >= 15 is 0 Å². The first-order valence-corrected chi connectivity index (χ1v) is 6.29. The summed E-state index contributed by atoms with van der Waals surface area (Å²) < 4.78 is 0. The minimum absolute atomic E-state index is 0. The zero-order chi connectivity index (χ0) is 11.1. The minimum Gasteiger partial charge on any atom is -0.340 e. The van der Waals surface area contributed by atoms with Crippen molar-refractivity contribution in [1.82, 2.24) is 10.2 Å². The minimum atomic E-state index is 0. The number of rotatable bonds is 5. The van der Waals surface area contributed by atoms with E-state index in [-0.39, 0.29) is 12.4 Å². The van der Waals surface area contributed by atoms with E-state index in [1.165, 1.54) is 0 Å². The molecule has 0 atom stereocenters. The third kappa shape index (κ3) is 4.71. The molecule has 1 amide bonds. The molecule has 16 heavy (non-hydrogen) atoms. The third-order valence-corrected chi connectivity index (χ3v) is 3.00. The Labute approximate surface area is 105 Å². The van der Waals surface area contributed by atoms with Crippen LogP contribution in [0, 0.1) is 0 Å². The second-order valence-corrected chi connectivity index (χ2v) is 4.32. The Bertz CT molecular complexity index is 193. The van der Waals surface area contributed by atoms with Crippen LogP contribution in [0.15, 0.2) is 0 Å². The predicted molar refractivity (Wildman–Crippen MR) is 70.1 cm³/mol. The van der Waals surface area contributed by atoms with Crippen LogP contribution in [0.1, 0.15) is 46.0 Å². The van der Waals surface area contributed by atoms with Gasteiger partial charge in [-0.2, -0.15) is 0 Å². The lowest BCUT2D eigenvalue weighted by molar-refractivity contribution is -0.134. The number of hydrogen-bond acceptors (Lipinski definition) is 2. The first-order valence-electron chi connectivity index (χ1n) is 6.29. The number of amides is 1. The molecule has 4 heteroatoms. The summed E-state index contributed by atoms with van der Waals surface area (Å²) in [5.74, 6) is 0.353. The lowest BCUT2D eigenvalue weighted by Crippen LogP contribution is -2.46. The summed E-state index contributed by atoms with van der Waals surface area (Å²) in [6, 6.07) is 0.491. The van der Waals surface area contributed by atoms with Gasteiger partial charge in [0.15, 0.2) is 0 Å².